The van der Waals surface area contributed by atoms with Gasteiger partial charge in [0.2, 0.25) is 0 Å². The summed E-state index contributed by atoms with van der Waals surface area (Å²) in [6.45, 7) is 2.54. The largest absolute Gasteiger partial charge is 0.324 e. The van der Waals surface area contributed by atoms with E-state index in [0.29, 0.717) is 17.5 Å². The maximum atomic E-state index is 14.1. The van der Waals surface area contributed by atoms with Crippen LogP contribution in [0, 0.1) is 5.82 Å². The zero-order chi connectivity index (χ0) is 18.1. The van der Waals surface area contributed by atoms with Crippen LogP contribution >= 0.6 is 11.6 Å². The van der Waals surface area contributed by atoms with Crippen molar-refractivity contribution in [3.63, 3.8) is 0 Å². The van der Waals surface area contributed by atoms with Crippen molar-refractivity contribution in [1.29, 1.82) is 0 Å². The van der Waals surface area contributed by atoms with Crippen LogP contribution in [-0.4, -0.2) is 29.1 Å². The molecule has 0 aliphatic heterocycles. The first kappa shape index (κ1) is 16.7. The maximum absolute atomic E-state index is 14.1. The van der Waals surface area contributed by atoms with E-state index in [9.17, 15) is 4.39 Å². The Balaban J connectivity index is 1.78. The van der Waals surface area contributed by atoms with Crippen molar-refractivity contribution < 1.29 is 4.39 Å². The summed E-state index contributed by atoms with van der Waals surface area (Å²) in [4.78, 5) is 13.1. The Morgan fingerprint density at radius 3 is 2.85 bits per heavy atom. The number of halogens is 2. The summed E-state index contributed by atoms with van der Waals surface area (Å²) < 4.78 is 17.7. The molecule has 0 unspecified atom stereocenters. The van der Waals surface area contributed by atoms with E-state index in [4.69, 9.17) is 11.6 Å². The third-order valence-corrected chi connectivity index (χ3v) is 4.32. The SMILES string of the molecule is CCCc1c(Cn2ccnc2-c2ncccc2F)nc2ccc(Cl)nn12. The first-order valence-electron chi connectivity index (χ1n) is 8.32. The maximum Gasteiger partial charge on any atom is 0.162 e. The van der Waals surface area contributed by atoms with E-state index in [1.54, 1.807) is 35.2 Å². The molecule has 0 amide bonds. The van der Waals surface area contributed by atoms with Crippen LogP contribution in [0.2, 0.25) is 5.15 Å². The molecular weight excluding hydrogens is 355 g/mol. The average molecular weight is 371 g/mol. The number of pyridine rings is 1. The lowest BCUT2D eigenvalue weighted by Crippen LogP contribution is -2.07. The van der Waals surface area contributed by atoms with Crippen molar-refractivity contribution in [2.75, 3.05) is 0 Å². The Kier molecular flexibility index (Phi) is 4.38. The van der Waals surface area contributed by atoms with E-state index in [0.717, 1.165) is 29.9 Å². The van der Waals surface area contributed by atoms with Crippen molar-refractivity contribution in [2.24, 2.45) is 0 Å². The van der Waals surface area contributed by atoms with Gasteiger partial charge >= 0.3 is 0 Å². The molecule has 0 aliphatic rings. The quantitative estimate of drug-likeness (QED) is 0.536. The number of aryl methyl sites for hydroxylation is 1. The normalized spacial score (nSPS) is 11.3. The van der Waals surface area contributed by atoms with E-state index < -0.39 is 5.82 Å². The van der Waals surface area contributed by atoms with Gasteiger partial charge in [-0.05, 0) is 30.7 Å². The molecule has 0 saturated carbocycles. The summed E-state index contributed by atoms with van der Waals surface area (Å²) in [5.41, 5.74) is 2.81. The third-order valence-electron chi connectivity index (χ3n) is 4.11. The summed E-state index contributed by atoms with van der Waals surface area (Å²) in [6.07, 6.45) is 6.74. The van der Waals surface area contributed by atoms with Crippen molar-refractivity contribution in [3.8, 4) is 11.5 Å². The van der Waals surface area contributed by atoms with Crippen LogP contribution in [-0.2, 0) is 13.0 Å². The number of nitrogens with zero attached hydrogens (tertiary/aromatic N) is 6. The first-order valence-corrected chi connectivity index (χ1v) is 8.70. The molecule has 4 aromatic rings. The van der Waals surface area contributed by atoms with E-state index in [1.165, 1.54) is 6.07 Å². The molecule has 8 heteroatoms. The molecule has 0 radical (unpaired) electrons. The highest BCUT2D eigenvalue weighted by atomic mass is 35.5. The second kappa shape index (κ2) is 6.84. The highest BCUT2D eigenvalue weighted by molar-refractivity contribution is 6.29. The summed E-state index contributed by atoms with van der Waals surface area (Å²) in [5, 5.41) is 4.78. The fourth-order valence-corrected chi connectivity index (χ4v) is 3.12. The average Bonchev–Trinajstić information content (AvgIpc) is 3.21. The molecular formula is C18H16ClFN6. The van der Waals surface area contributed by atoms with Crippen LogP contribution in [0.5, 0.6) is 0 Å². The van der Waals surface area contributed by atoms with Gasteiger partial charge in [0.05, 0.1) is 17.9 Å². The molecule has 0 spiro atoms. The Bertz CT molecular complexity index is 1070. The van der Waals surface area contributed by atoms with E-state index in [1.807, 2.05) is 10.6 Å². The van der Waals surface area contributed by atoms with Crippen molar-refractivity contribution in [3.05, 3.63) is 65.2 Å². The fourth-order valence-electron chi connectivity index (χ4n) is 2.98. The van der Waals surface area contributed by atoms with Gasteiger partial charge in [0, 0.05) is 18.6 Å². The minimum absolute atomic E-state index is 0.222. The minimum atomic E-state index is -0.405. The van der Waals surface area contributed by atoms with Gasteiger partial charge in [-0.3, -0.25) is 0 Å². The first-order chi connectivity index (χ1) is 12.7. The number of hydrogen-bond donors (Lipinski definition) is 0. The topological polar surface area (TPSA) is 60.9 Å². The second-order valence-corrected chi connectivity index (χ2v) is 6.28. The van der Waals surface area contributed by atoms with E-state index >= 15 is 0 Å². The number of hydrogen-bond acceptors (Lipinski definition) is 4. The van der Waals surface area contributed by atoms with Crippen LogP contribution in [0.15, 0.2) is 42.9 Å². The smallest absolute Gasteiger partial charge is 0.162 e. The molecule has 0 atom stereocenters. The summed E-state index contributed by atoms with van der Waals surface area (Å²) in [5.74, 6) is 0.0609. The number of rotatable bonds is 5. The fraction of sp³-hybridized carbons (Fsp3) is 0.222. The Labute approximate surface area is 154 Å². The predicted octanol–water partition coefficient (Wildman–Crippen LogP) is 3.78. The van der Waals surface area contributed by atoms with Crippen LogP contribution < -0.4 is 0 Å². The molecule has 4 aromatic heterocycles. The van der Waals surface area contributed by atoms with Gasteiger partial charge in [-0.15, -0.1) is 0 Å². The molecule has 4 heterocycles. The predicted molar refractivity (Wildman–Crippen MR) is 96.5 cm³/mol. The number of fused-ring (bicyclic) bond motifs is 1. The van der Waals surface area contributed by atoms with E-state index in [2.05, 4.69) is 27.0 Å². The monoisotopic (exact) mass is 370 g/mol. The Morgan fingerprint density at radius 1 is 1.15 bits per heavy atom. The number of imidazole rings is 2. The molecule has 26 heavy (non-hydrogen) atoms. The zero-order valence-electron chi connectivity index (χ0n) is 14.1. The van der Waals surface area contributed by atoms with Gasteiger partial charge in [-0.1, -0.05) is 24.9 Å². The van der Waals surface area contributed by atoms with E-state index in [-0.39, 0.29) is 5.69 Å². The molecule has 0 bridgehead atoms. The van der Waals surface area contributed by atoms with Gasteiger partial charge in [0.25, 0.3) is 0 Å². The van der Waals surface area contributed by atoms with Gasteiger partial charge < -0.3 is 4.57 Å². The van der Waals surface area contributed by atoms with Gasteiger partial charge in [-0.2, -0.15) is 5.10 Å². The lowest BCUT2D eigenvalue weighted by Gasteiger charge is -2.08. The van der Waals surface area contributed by atoms with Gasteiger partial charge in [-0.25, -0.2) is 23.9 Å². The summed E-state index contributed by atoms with van der Waals surface area (Å²) >= 11 is 6.04. The lowest BCUT2D eigenvalue weighted by molar-refractivity contribution is 0.621. The molecule has 0 aliphatic carbocycles. The highest BCUT2D eigenvalue weighted by Gasteiger charge is 2.17. The summed E-state index contributed by atoms with van der Waals surface area (Å²) in [6, 6.07) is 6.49. The zero-order valence-corrected chi connectivity index (χ0v) is 14.9. The highest BCUT2D eigenvalue weighted by Crippen LogP contribution is 2.21. The van der Waals surface area contributed by atoms with Crippen LogP contribution in [0.25, 0.3) is 17.2 Å². The third kappa shape index (κ3) is 2.94. The van der Waals surface area contributed by atoms with Crippen LogP contribution in [0.3, 0.4) is 0 Å². The Morgan fingerprint density at radius 2 is 2.04 bits per heavy atom. The Hall–Kier alpha value is -2.80. The molecule has 0 fully saturated rings. The molecule has 0 saturated heterocycles. The minimum Gasteiger partial charge on any atom is -0.324 e. The number of aromatic nitrogens is 6. The van der Waals surface area contributed by atoms with Crippen molar-refractivity contribution >= 4 is 17.2 Å². The molecule has 0 aromatic carbocycles. The lowest BCUT2D eigenvalue weighted by atomic mass is 10.2. The molecule has 6 nitrogen and oxygen atoms in total. The van der Waals surface area contributed by atoms with Gasteiger partial charge in [0.1, 0.15) is 10.8 Å². The van der Waals surface area contributed by atoms with Crippen LogP contribution in [0.4, 0.5) is 4.39 Å². The molecule has 132 valence electrons. The molecule has 0 N–H and O–H groups in total. The standard InChI is InChI=1S/C18H16ClFN6/c1-2-4-14-13(23-16-7-6-15(19)24-26(14)16)11-25-10-9-22-18(25)17-12(20)5-3-8-21-17/h3,5-10H,2,4,11H2,1H3. The summed E-state index contributed by atoms with van der Waals surface area (Å²) in [7, 11) is 0. The second-order valence-electron chi connectivity index (χ2n) is 5.89. The van der Waals surface area contributed by atoms with Crippen LogP contribution in [0.1, 0.15) is 24.7 Å². The van der Waals surface area contributed by atoms with Gasteiger partial charge in [0.15, 0.2) is 17.3 Å². The molecule has 4 rings (SSSR count). The van der Waals surface area contributed by atoms with Crippen molar-refractivity contribution in [2.45, 2.75) is 26.3 Å². The van der Waals surface area contributed by atoms with Crippen molar-refractivity contribution in [1.82, 2.24) is 29.1 Å².